The van der Waals surface area contributed by atoms with Crippen molar-refractivity contribution in [2.75, 3.05) is 6.54 Å². The van der Waals surface area contributed by atoms with E-state index < -0.39 is 0 Å². The summed E-state index contributed by atoms with van der Waals surface area (Å²) >= 11 is 0. The maximum absolute atomic E-state index is 13.3. The van der Waals surface area contributed by atoms with Crippen molar-refractivity contribution in [3.05, 3.63) is 59.9 Å². The molecule has 2 aromatic heterocycles. The van der Waals surface area contributed by atoms with E-state index >= 15 is 0 Å². The van der Waals surface area contributed by atoms with Crippen LogP contribution in [0.1, 0.15) is 36.9 Å². The molecule has 1 N–H and O–H groups in total. The number of aromatic nitrogens is 2. The number of halogens is 1. The number of nitrogens with one attached hydrogen (secondary N) is 1. The summed E-state index contributed by atoms with van der Waals surface area (Å²) in [5.41, 5.74) is 2.15. The summed E-state index contributed by atoms with van der Waals surface area (Å²) in [5.74, 6) is -0.283. The van der Waals surface area contributed by atoms with Crippen LogP contribution >= 0.6 is 0 Å². The first-order chi connectivity index (χ1) is 9.79. The maximum atomic E-state index is 13.3. The highest BCUT2D eigenvalue weighted by atomic mass is 19.1. The summed E-state index contributed by atoms with van der Waals surface area (Å²) in [7, 11) is 0. The first-order valence-corrected chi connectivity index (χ1v) is 7.02. The van der Waals surface area contributed by atoms with Gasteiger partial charge in [0.15, 0.2) is 0 Å². The summed E-state index contributed by atoms with van der Waals surface area (Å²) < 4.78 is 13.3. The average molecular weight is 273 g/mol. The molecule has 0 radical (unpaired) electrons. The van der Waals surface area contributed by atoms with E-state index in [9.17, 15) is 4.39 Å². The second kappa shape index (κ2) is 7.70. The minimum Gasteiger partial charge on any atom is -0.310 e. The van der Waals surface area contributed by atoms with Crippen LogP contribution in [-0.2, 0) is 6.42 Å². The summed E-state index contributed by atoms with van der Waals surface area (Å²) in [5, 5.41) is 3.46. The highest BCUT2D eigenvalue weighted by molar-refractivity contribution is 5.17. The van der Waals surface area contributed by atoms with Gasteiger partial charge in [-0.05, 0) is 55.1 Å². The first kappa shape index (κ1) is 14.6. The fraction of sp³-hybridized carbons (Fsp3) is 0.375. The number of aryl methyl sites for hydroxylation is 1. The van der Waals surface area contributed by atoms with Gasteiger partial charge >= 0.3 is 0 Å². The van der Waals surface area contributed by atoms with Crippen molar-refractivity contribution in [2.24, 2.45) is 0 Å². The van der Waals surface area contributed by atoms with Crippen molar-refractivity contribution in [3.8, 4) is 0 Å². The number of hydrogen-bond acceptors (Lipinski definition) is 3. The minimum absolute atomic E-state index is 0.131. The predicted octanol–water partition coefficient (Wildman–Crippen LogP) is 3.29. The molecule has 3 nitrogen and oxygen atoms in total. The van der Waals surface area contributed by atoms with Gasteiger partial charge < -0.3 is 5.32 Å². The van der Waals surface area contributed by atoms with Crippen LogP contribution in [0.5, 0.6) is 0 Å². The monoisotopic (exact) mass is 273 g/mol. The Bertz CT molecular complexity index is 516. The molecule has 0 aliphatic heterocycles. The quantitative estimate of drug-likeness (QED) is 0.841. The molecule has 0 aliphatic carbocycles. The van der Waals surface area contributed by atoms with E-state index in [2.05, 4.69) is 22.2 Å². The van der Waals surface area contributed by atoms with Crippen LogP contribution < -0.4 is 5.32 Å². The third-order valence-electron chi connectivity index (χ3n) is 3.24. The molecular weight excluding hydrogens is 253 g/mol. The third-order valence-corrected chi connectivity index (χ3v) is 3.24. The van der Waals surface area contributed by atoms with E-state index in [4.69, 9.17) is 0 Å². The zero-order valence-corrected chi connectivity index (χ0v) is 11.7. The van der Waals surface area contributed by atoms with E-state index in [1.54, 1.807) is 24.7 Å². The highest BCUT2D eigenvalue weighted by Gasteiger charge is 2.12. The Balaban J connectivity index is 2.03. The molecule has 2 rings (SSSR count). The summed E-state index contributed by atoms with van der Waals surface area (Å²) in [4.78, 5) is 7.96. The van der Waals surface area contributed by atoms with Crippen LogP contribution in [0.4, 0.5) is 4.39 Å². The average Bonchev–Trinajstić information content (AvgIpc) is 2.48. The topological polar surface area (TPSA) is 37.8 Å². The smallest absolute Gasteiger partial charge is 0.141 e. The van der Waals surface area contributed by atoms with Gasteiger partial charge in [-0.3, -0.25) is 9.97 Å². The molecule has 4 heteroatoms. The van der Waals surface area contributed by atoms with Gasteiger partial charge in [0.2, 0.25) is 0 Å². The van der Waals surface area contributed by atoms with Crippen molar-refractivity contribution in [1.29, 1.82) is 0 Å². The predicted molar refractivity (Wildman–Crippen MR) is 77.8 cm³/mol. The molecule has 0 aromatic carbocycles. The van der Waals surface area contributed by atoms with Gasteiger partial charge in [-0.25, -0.2) is 4.39 Å². The molecule has 1 atom stereocenters. The van der Waals surface area contributed by atoms with Gasteiger partial charge in [-0.2, -0.15) is 0 Å². The summed E-state index contributed by atoms with van der Waals surface area (Å²) in [6.45, 7) is 3.04. The van der Waals surface area contributed by atoms with Gasteiger partial charge in [-0.1, -0.05) is 6.92 Å². The van der Waals surface area contributed by atoms with E-state index in [0.29, 0.717) is 0 Å². The van der Waals surface area contributed by atoms with Gasteiger partial charge in [0.1, 0.15) is 5.82 Å². The maximum Gasteiger partial charge on any atom is 0.141 e. The number of pyridine rings is 2. The third kappa shape index (κ3) is 4.38. The number of hydrogen-bond donors (Lipinski definition) is 1. The Hall–Kier alpha value is -1.81. The molecule has 2 heterocycles. The Morgan fingerprint density at radius 3 is 2.70 bits per heavy atom. The van der Waals surface area contributed by atoms with Crippen LogP contribution in [0.2, 0.25) is 0 Å². The zero-order valence-electron chi connectivity index (χ0n) is 11.7. The van der Waals surface area contributed by atoms with E-state index in [0.717, 1.165) is 31.4 Å². The van der Waals surface area contributed by atoms with Crippen molar-refractivity contribution < 1.29 is 4.39 Å². The molecule has 106 valence electrons. The van der Waals surface area contributed by atoms with Crippen LogP contribution in [0.15, 0.2) is 43.0 Å². The molecule has 1 unspecified atom stereocenters. The Morgan fingerprint density at radius 1 is 1.20 bits per heavy atom. The molecule has 0 bridgehead atoms. The second-order valence-corrected chi connectivity index (χ2v) is 4.84. The van der Waals surface area contributed by atoms with Crippen molar-refractivity contribution in [2.45, 2.75) is 32.2 Å². The molecule has 0 fully saturated rings. The van der Waals surface area contributed by atoms with Crippen molar-refractivity contribution in [3.63, 3.8) is 0 Å². The Labute approximate surface area is 119 Å². The van der Waals surface area contributed by atoms with Crippen LogP contribution in [0, 0.1) is 5.82 Å². The molecule has 0 spiro atoms. The molecule has 0 saturated carbocycles. The van der Waals surface area contributed by atoms with Crippen LogP contribution in [0.3, 0.4) is 0 Å². The molecule has 0 amide bonds. The van der Waals surface area contributed by atoms with Gasteiger partial charge in [-0.15, -0.1) is 0 Å². The highest BCUT2D eigenvalue weighted by Crippen LogP contribution is 2.19. The largest absolute Gasteiger partial charge is 0.310 e. The Morgan fingerprint density at radius 2 is 2.00 bits per heavy atom. The molecule has 2 aromatic rings. The van der Waals surface area contributed by atoms with Gasteiger partial charge in [0.25, 0.3) is 0 Å². The minimum atomic E-state index is -0.283. The number of rotatable bonds is 7. The fourth-order valence-electron chi connectivity index (χ4n) is 2.18. The summed E-state index contributed by atoms with van der Waals surface area (Å²) in [6, 6.07) is 5.72. The van der Waals surface area contributed by atoms with Gasteiger partial charge in [0.05, 0.1) is 6.20 Å². The van der Waals surface area contributed by atoms with Crippen LogP contribution in [0.25, 0.3) is 0 Å². The Kier molecular flexibility index (Phi) is 5.62. The van der Waals surface area contributed by atoms with Crippen molar-refractivity contribution >= 4 is 0 Å². The lowest BCUT2D eigenvalue weighted by Crippen LogP contribution is -2.23. The van der Waals surface area contributed by atoms with E-state index in [1.165, 1.54) is 11.8 Å². The lowest BCUT2D eigenvalue weighted by atomic mass is 10.0. The normalized spacial score (nSPS) is 12.3. The lowest BCUT2D eigenvalue weighted by Gasteiger charge is -2.18. The standard InChI is InChI=1S/C16H20FN3/c1-2-7-20-16(14-10-15(17)12-19-11-14)4-3-13-5-8-18-9-6-13/h5-6,8-12,16,20H,2-4,7H2,1H3. The molecular formula is C16H20FN3. The van der Waals surface area contributed by atoms with Crippen molar-refractivity contribution in [1.82, 2.24) is 15.3 Å². The van der Waals surface area contributed by atoms with E-state index in [-0.39, 0.29) is 11.9 Å². The second-order valence-electron chi connectivity index (χ2n) is 4.84. The first-order valence-electron chi connectivity index (χ1n) is 7.02. The summed E-state index contributed by atoms with van der Waals surface area (Å²) in [6.07, 6.45) is 9.47. The number of nitrogens with zero attached hydrogens (tertiary/aromatic N) is 2. The van der Waals surface area contributed by atoms with Crippen LogP contribution in [-0.4, -0.2) is 16.5 Å². The molecule has 0 saturated heterocycles. The lowest BCUT2D eigenvalue weighted by molar-refractivity contribution is 0.493. The van der Waals surface area contributed by atoms with Gasteiger partial charge in [0, 0.05) is 24.6 Å². The zero-order chi connectivity index (χ0) is 14.2. The molecule has 0 aliphatic rings. The molecule has 20 heavy (non-hydrogen) atoms. The fourth-order valence-corrected chi connectivity index (χ4v) is 2.18. The SMILES string of the molecule is CCCNC(CCc1ccncc1)c1cncc(F)c1. The van der Waals surface area contributed by atoms with E-state index in [1.807, 2.05) is 12.1 Å².